The van der Waals surface area contributed by atoms with Crippen molar-refractivity contribution in [3.8, 4) is 0 Å². The van der Waals surface area contributed by atoms with Crippen LogP contribution >= 0.6 is 0 Å². The minimum absolute atomic E-state index is 0.0175. The van der Waals surface area contributed by atoms with E-state index < -0.39 is 18.2 Å². The van der Waals surface area contributed by atoms with E-state index in [0.29, 0.717) is 6.42 Å². The number of aliphatic hydroxyl groups is 3. The zero-order chi connectivity index (χ0) is 52.9. The second-order valence-corrected chi connectivity index (χ2v) is 23.4. The summed E-state index contributed by atoms with van der Waals surface area (Å²) in [5.74, 6) is -0.308. The SMILES string of the molecule is CCCCCCCCCCCCCCCCCC/C=C\CCCCCCCCCCCCCCCCCC(O)CC(=O)NC(CO)C(O)/C=C/CCCCCCCCCCCCCCCCCCCCCCC. The molecule has 0 radical (unpaired) electrons. The molecule has 3 atom stereocenters. The van der Waals surface area contributed by atoms with Gasteiger partial charge < -0.3 is 20.6 Å². The largest absolute Gasteiger partial charge is 0.394 e. The minimum Gasteiger partial charge on any atom is -0.394 e. The molecule has 73 heavy (non-hydrogen) atoms. The Morgan fingerprint density at radius 1 is 0.342 bits per heavy atom. The average Bonchev–Trinajstić information content (AvgIpc) is 3.39. The van der Waals surface area contributed by atoms with Gasteiger partial charge in [-0.1, -0.05) is 353 Å². The van der Waals surface area contributed by atoms with Crippen LogP contribution < -0.4 is 5.32 Å². The van der Waals surface area contributed by atoms with Crippen LogP contribution in [0.5, 0.6) is 0 Å². The molecule has 5 heteroatoms. The van der Waals surface area contributed by atoms with E-state index in [2.05, 4.69) is 31.3 Å². The van der Waals surface area contributed by atoms with Crippen molar-refractivity contribution in [2.75, 3.05) is 6.61 Å². The number of nitrogens with one attached hydrogen (secondary N) is 1. The smallest absolute Gasteiger partial charge is 0.222 e. The summed E-state index contributed by atoms with van der Waals surface area (Å²) in [6, 6.07) is -0.744. The Morgan fingerprint density at radius 3 is 0.836 bits per heavy atom. The maximum atomic E-state index is 12.6. The van der Waals surface area contributed by atoms with Crippen molar-refractivity contribution in [1.29, 1.82) is 0 Å². The van der Waals surface area contributed by atoms with Crippen LogP contribution in [0.4, 0.5) is 0 Å². The molecule has 0 saturated carbocycles. The van der Waals surface area contributed by atoms with Gasteiger partial charge in [-0.3, -0.25) is 4.79 Å². The molecule has 0 spiro atoms. The number of allylic oxidation sites excluding steroid dienone is 3. The van der Waals surface area contributed by atoms with Crippen LogP contribution in [0.3, 0.4) is 0 Å². The van der Waals surface area contributed by atoms with E-state index >= 15 is 0 Å². The molecule has 0 aliphatic rings. The van der Waals surface area contributed by atoms with Crippen LogP contribution in [0.1, 0.15) is 380 Å². The van der Waals surface area contributed by atoms with Crippen LogP contribution in [0.15, 0.2) is 24.3 Å². The molecule has 1 amide bonds. The predicted molar refractivity (Wildman–Crippen MR) is 324 cm³/mol. The quantitative estimate of drug-likeness (QED) is 0.0361. The van der Waals surface area contributed by atoms with Gasteiger partial charge in [-0.2, -0.15) is 0 Å². The molecule has 0 aromatic rings. The van der Waals surface area contributed by atoms with Gasteiger partial charge in [0.2, 0.25) is 5.91 Å². The molecule has 3 unspecified atom stereocenters. The summed E-state index contributed by atoms with van der Waals surface area (Å²) in [6.07, 6.45) is 82.8. The van der Waals surface area contributed by atoms with E-state index in [9.17, 15) is 20.1 Å². The third-order valence-corrected chi connectivity index (χ3v) is 16.0. The lowest BCUT2D eigenvalue weighted by atomic mass is 10.0. The van der Waals surface area contributed by atoms with Crippen LogP contribution in [-0.2, 0) is 4.79 Å². The summed E-state index contributed by atoms with van der Waals surface area (Å²) in [4.78, 5) is 12.6. The van der Waals surface area contributed by atoms with Gasteiger partial charge in [-0.05, 0) is 44.9 Å². The second-order valence-electron chi connectivity index (χ2n) is 23.4. The van der Waals surface area contributed by atoms with Gasteiger partial charge in [0.15, 0.2) is 0 Å². The van der Waals surface area contributed by atoms with E-state index in [-0.39, 0.29) is 18.9 Å². The first-order chi connectivity index (χ1) is 36.0. The number of hydrogen-bond donors (Lipinski definition) is 4. The Morgan fingerprint density at radius 2 is 0.575 bits per heavy atom. The summed E-state index contributed by atoms with van der Waals surface area (Å²) in [7, 11) is 0. The zero-order valence-electron chi connectivity index (χ0n) is 49.8. The number of carbonyl (C=O) groups excluding carboxylic acids is 1. The lowest BCUT2D eigenvalue weighted by molar-refractivity contribution is -0.124. The van der Waals surface area contributed by atoms with Crippen LogP contribution in [-0.4, -0.2) is 46.1 Å². The molecule has 0 aromatic heterocycles. The third kappa shape index (κ3) is 59.9. The minimum atomic E-state index is -0.929. The van der Waals surface area contributed by atoms with Crippen molar-refractivity contribution in [2.24, 2.45) is 0 Å². The van der Waals surface area contributed by atoms with Crippen molar-refractivity contribution < 1.29 is 20.1 Å². The Balaban J connectivity index is 3.48. The van der Waals surface area contributed by atoms with Crippen LogP contribution in [0, 0.1) is 0 Å². The maximum Gasteiger partial charge on any atom is 0.222 e. The van der Waals surface area contributed by atoms with Crippen molar-refractivity contribution in [3.05, 3.63) is 24.3 Å². The number of amides is 1. The van der Waals surface area contributed by atoms with E-state index in [1.165, 1.54) is 327 Å². The second kappa shape index (κ2) is 63.4. The van der Waals surface area contributed by atoms with Crippen LogP contribution in [0.2, 0.25) is 0 Å². The number of hydrogen-bond acceptors (Lipinski definition) is 4. The van der Waals surface area contributed by atoms with E-state index in [1.54, 1.807) is 6.08 Å². The summed E-state index contributed by atoms with van der Waals surface area (Å²) in [5.41, 5.74) is 0. The first-order valence-corrected chi connectivity index (χ1v) is 33.6. The number of aliphatic hydroxyl groups excluding tert-OH is 3. The first kappa shape index (κ1) is 71.8. The van der Waals surface area contributed by atoms with Gasteiger partial charge in [-0.25, -0.2) is 0 Å². The van der Waals surface area contributed by atoms with Crippen molar-refractivity contribution in [1.82, 2.24) is 5.32 Å². The molecule has 0 aliphatic carbocycles. The normalized spacial score (nSPS) is 13.2. The standard InChI is InChI=1S/C68H133NO4/c1-3-5-7-9-11-13-15-17-19-21-23-25-27-28-29-30-31-32-33-34-35-36-37-38-40-41-43-45-47-49-51-53-55-57-59-61-65(71)63-68(73)69-66(64-70)67(72)62-60-58-56-54-52-50-48-46-44-42-39-26-24-22-20-18-16-14-12-10-8-6-4-2/h32-33,60,62,65-67,70-72H,3-31,34-59,61,63-64H2,1-2H3,(H,69,73)/b33-32-,62-60+. The molecule has 0 fully saturated rings. The van der Waals surface area contributed by atoms with Crippen LogP contribution in [0.25, 0.3) is 0 Å². The first-order valence-electron chi connectivity index (χ1n) is 33.6. The van der Waals surface area contributed by atoms with Crippen molar-refractivity contribution in [2.45, 2.75) is 398 Å². The highest BCUT2D eigenvalue weighted by atomic mass is 16.3. The van der Waals surface area contributed by atoms with Gasteiger partial charge >= 0.3 is 0 Å². The third-order valence-electron chi connectivity index (χ3n) is 16.0. The fourth-order valence-electron chi connectivity index (χ4n) is 10.9. The lowest BCUT2D eigenvalue weighted by Crippen LogP contribution is -2.45. The molecule has 434 valence electrons. The molecule has 0 aliphatic heterocycles. The predicted octanol–water partition coefficient (Wildman–Crippen LogP) is 21.6. The van der Waals surface area contributed by atoms with Crippen molar-refractivity contribution >= 4 is 5.91 Å². The summed E-state index contributed by atoms with van der Waals surface area (Å²) in [5, 5.41) is 33.6. The highest BCUT2D eigenvalue weighted by Gasteiger charge is 2.20. The highest BCUT2D eigenvalue weighted by Crippen LogP contribution is 2.19. The fraction of sp³-hybridized carbons (Fsp3) is 0.926. The Labute approximate surface area is 458 Å². The molecule has 0 saturated heterocycles. The molecule has 0 aromatic carbocycles. The van der Waals surface area contributed by atoms with E-state index in [0.717, 1.165) is 25.7 Å². The van der Waals surface area contributed by atoms with Gasteiger partial charge in [0.1, 0.15) is 0 Å². The van der Waals surface area contributed by atoms with E-state index in [1.807, 2.05) is 6.08 Å². The Bertz CT molecular complexity index is 1090. The maximum absolute atomic E-state index is 12.6. The molecular formula is C68H133NO4. The van der Waals surface area contributed by atoms with Gasteiger partial charge in [0.05, 0.1) is 31.3 Å². The Kier molecular flexibility index (Phi) is 62.3. The molecule has 0 bridgehead atoms. The summed E-state index contributed by atoms with van der Waals surface area (Å²) < 4.78 is 0. The molecule has 5 nitrogen and oxygen atoms in total. The average molecular weight is 1030 g/mol. The summed E-state index contributed by atoms with van der Waals surface area (Å²) in [6.45, 7) is 4.27. The van der Waals surface area contributed by atoms with Gasteiger partial charge in [0, 0.05) is 0 Å². The lowest BCUT2D eigenvalue weighted by Gasteiger charge is -2.21. The topological polar surface area (TPSA) is 89.8 Å². The Hall–Kier alpha value is -1.17. The van der Waals surface area contributed by atoms with Gasteiger partial charge in [0.25, 0.3) is 0 Å². The zero-order valence-corrected chi connectivity index (χ0v) is 49.8. The fourth-order valence-corrected chi connectivity index (χ4v) is 10.9. The van der Waals surface area contributed by atoms with Crippen molar-refractivity contribution in [3.63, 3.8) is 0 Å². The summed E-state index contributed by atoms with van der Waals surface area (Å²) >= 11 is 0. The molecular weight excluding hydrogens is 895 g/mol. The number of rotatable bonds is 63. The number of carbonyl (C=O) groups is 1. The molecule has 0 heterocycles. The monoisotopic (exact) mass is 1030 g/mol. The molecule has 4 N–H and O–H groups in total. The van der Waals surface area contributed by atoms with Gasteiger partial charge in [-0.15, -0.1) is 0 Å². The highest BCUT2D eigenvalue weighted by molar-refractivity contribution is 5.76. The van der Waals surface area contributed by atoms with E-state index in [4.69, 9.17) is 0 Å². The molecule has 0 rings (SSSR count). The number of unbranched alkanes of at least 4 members (excludes halogenated alkanes) is 52.